The Kier molecular flexibility index (Phi) is 5.86. The molecule has 0 unspecified atom stereocenters. The monoisotopic (exact) mass is 405 g/mol. The van der Waals surface area contributed by atoms with Gasteiger partial charge >= 0.3 is 6.18 Å². The molecule has 1 fully saturated rings. The van der Waals surface area contributed by atoms with Crippen molar-refractivity contribution >= 4 is 29.1 Å². The minimum Gasteiger partial charge on any atom is -0.343 e. The Hall–Kier alpha value is -3.36. The highest BCUT2D eigenvalue weighted by atomic mass is 19.4. The van der Waals surface area contributed by atoms with Gasteiger partial charge in [0.25, 0.3) is 5.91 Å². The quantitative estimate of drug-likeness (QED) is 0.802. The van der Waals surface area contributed by atoms with Gasteiger partial charge in [-0.1, -0.05) is 6.07 Å². The van der Waals surface area contributed by atoms with Crippen LogP contribution in [0.3, 0.4) is 0 Å². The fraction of sp³-hybridized carbons (Fsp3) is 0.250. The molecule has 1 heterocycles. The summed E-state index contributed by atoms with van der Waals surface area (Å²) in [6.07, 6.45) is -3.21. The maximum atomic E-state index is 12.6. The standard InChI is InChI=1S/C20H18F3N3O3/c21-20(22,23)14-8-6-13(7-9-14)19(29)24-12-17(27)25-15-3-1-4-16(11-15)26-10-2-5-18(26)28/h1,3-4,6-9,11H,2,5,10,12H2,(H,24,29)(H,25,27). The Morgan fingerprint density at radius 1 is 1.07 bits per heavy atom. The highest BCUT2D eigenvalue weighted by Crippen LogP contribution is 2.29. The van der Waals surface area contributed by atoms with Crippen molar-refractivity contribution < 1.29 is 27.6 Å². The van der Waals surface area contributed by atoms with Crippen LogP contribution in [0.5, 0.6) is 0 Å². The molecule has 2 aromatic rings. The molecule has 152 valence electrons. The molecule has 0 bridgehead atoms. The summed E-state index contributed by atoms with van der Waals surface area (Å²) in [5.41, 5.74) is 0.304. The van der Waals surface area contributed by atoms with Crippen LogP contribution < -0.4 is 15.5 Å². The van der Waals surface area contributed by atoms with Crippen LogP contribution in [0.2, 0.25) is 0 Å². The second-order valence-electron chi connectivity index (χ2n) is 6.51. The van der Waals surface area contributed by atoms with E-state index in [1.165, 1.54) is 0 Å². The molecule has 0 atom stereocenters. The number of anilines is 2. The fourth-order valence-electron chi connectivity index (χ4n) is 2.95. The predicted octanol–water partition coefficient (Wildman–Crippen LogP) is 3.20. The molecule has 0 aliphatic carbocycles. The Bertz CT molecular complexity index is 927. The molecule has 2 N–H and O–H groups in total. The number of amides is 3. The zero-order valence-electron chi connectivity index (χ0n) is 15.3. The fourth-order valence-corrected chi connectivity index (χ4v) is 2.95. The number of carbonyl (C=O) groups is 3. The van der Waals surface area contributed by atoms with Crippen molar-refractivity contribution in [2.45, 2.75) is 19.0 Å². The van der Waals surface area contributed by atoms with E-state index in [0.29, 0.717) is 24.3 Å². The third kappa shape index (κ3) is 5.13. The van der Waals surface area contributed by atoms with Gasteiger partial charge in [0, 0.05) is 29.9 Å². The minimum absolute atomic E-state index is 0.0142. The Morgan fingerprint density at radius 2 is 1.79 bits per heavy atom. The van der Waals surface area contributed by atoms with E-state index in [1.807, 2.05) is 0 Å². The first kappa shape index (κ1) is 20.4. The molecule has 0 saturated carbocycles. The summed E-state index contributed by atoms with van der Waals surface area (Å²) in [7, 11) is 0. The van der Waals surface area contributed by atoms with Crippen molar-refractivity contribution in [3.63, 3.8) is 0 Å². The van der Waals surface area contributed by atoms with Crippen molar-refractivity contribution in [1.82, 2.24) is 5.32 Å². The van der Waals surface area contributed by atoms with Gasteiger partial charge < -0.3 is 15.5 Å². The third-order valence-electron chi connectivity index (χ3n) is 4.40. The first-order chi connectivity index (χ1) is 13.7. The summed E-state index contributed by atoms with van der Waals surface area (Å²) in [6, 6.07) is 10.5. The van der Waals surface area contributed by atoms with Crippen LogP contribution in [0.15, 0.2) is 48.5 Å². The largest absolute Gasteiger partial charge is 0.416 e. The molecule has 1 aliphatic heterocycles. The molecule has 0 spiro atoms. The lowest BCUT2D eigenvalue weighted by Gasteiger charge is -2.16. The van der Waals surface area contributed by atoms with E-state index in [1.54, 1.807) is 29.2 Å². The molecule has 3 amide bonds. The highest BCUT2D eigenvalue weighted by Gasteiger charge is 2.30. The summed E-state index contributed by atoms with van der Waals surface area (Å²) >= 11 is 0. The molecule has 0 radical (unpaired) electrons. The van der Waals surface area contributed by atoms with E-state index in [2.05, 4.69) is 10.6 Å². The Balaban J connectivity index is 1.55. The predicted molar refractivity (Wildman–Crippen MR) is 100 cm³/mol. The maximum Gasteiger partial charge on any atom is 0.416 e. The average Bonchev–Trinajstić information content (AvgIpc) is 3.12. The second-order valence-corrected chi connectivity index (χ2v) is 6.51. The van der Waals surface area contributed by atoms with Crippen LogP contribution in [0.4, 0.5) is 24.5 Å². The van der Waals surface area contributed by atoms with E-state index >= 15 is 0 Å². The van der Waals surface area contributed by atoms with E-state index < -0.39 is 23.6 Å². The van der Waals surface area contributed by atoms with Gasteiger partial charge in [0.05, 0.1) is 12.1 Å². The smallest absolute Gasteiger partial charge is 0.343 e. The van der Waals surface area contributed by atoms with Gasteiger partial charge in [-0.2, -0.15) is 13.2 Å². The molecular weight excluding hydrogens is 387 g/mol. The van der Waals surface area contributed by atoms with Gasteiger partial charge in [0.1, 0.15) is 0 Å². The first-order valence-electron chi connectivity index (χ1n) is 8.90. The Labute approximate surface area is 164 Å². The molecule has 6 nitrogen and oxygen atoms in total. The molecule has 2 aromatic carbocycles. The number of nitrogens with one attached hydrogen (secondary N) is 2. The normalized spacial score (nSPS) is 14.0. The number of halogens is 3. The molecule has 9 heteroatoms. The summed E-state index contributed by atoms with van der Waals surface area (Å²) in [4.78, 5) is 37.6. The molecule has 29 heavy (non-hydrogen) atoms. The Morgan fingerprint density at radius 3 is 2.41 bits per heavy atom. The van der Waals surface area contributed by atoms with Crippen LogP contribution >= 0.6 is 0 Å². The van der Waals surface area contributed by atoms with Gasteiger partial charge in [0.2, 0.25) is 11.8 Å². The highest BCUT2D eigenvalue weighted by molar-refractivity contribution is 6.00. The number of nitrogens with zero attached hydrogens (tertiary/aromatic N) is 1. The maximum absolute atomic E-state index is 12.6. The number of alkyl halides is 3. The summed E-state index contributed by atoms with van der Waals surface area (Å²) in [5.74, 6) is -1.14. The summed E-state index contributed by atoms with van der Waals surface area (Å²) < 4.78 is 37.7. The van der Waals surface area contributed by atoms with Crippen LogP contribution in [0.25, 0.3) is 0 Å². The number of hydrogen-bond donors (Lipinski definition) is 2. The van der Waals surface area contributed by atoms with Crippen molar-refractivity contribution in [1.29, 1.82) is 0 Å². The van der Waals surface area contributed by atoms with Gasteiger partial charge in [-0.3, -0.25) is 14.4 Å². The zero-order valence-corrected chi connectivity index (χ0v) is 15.3. The number of rotatable bonds is 5. The lowest BCUT2D eigenvalue weighted by atomic mass is 10.1. The number of carbonyl (C=O) groups excluding carboxylic acids is 3. The lowest BCUT2D eigenvalue weighted by Crippen LogP contribution is -2.33. The molecule has 1 aliphatic rings. The molecule has 1 saturated heterocycles. The second kappa shape index (κ2) is 8.34. The van der Waals surface area contributed by atoms with Crippen LogP contribution in [-0.2, 0) is 15.8 Å². The summed E-state index contributed by atoms with van der Waals surface area (Å²) in [6.45, 7) is 0.270. The lowest BCUT2D eigenvalue weighted by molar-refractivity contribution is -0.137. The average molecular weight is 405 g/mol. The number of hydrogen-bond acceptors (Lipinski definition) is 3. The SMILES string of the molecule is O=C(CNC(=O)c1ccc(C(F)(F)F)cc1)Nc1cccc(N2CCCC2=O)c1. The molecular formula is C20H18F3N3O3. The van der Waals surface area contributed by atoms with E-state index in [-0.39, 0.29) is 18.0 Å². The van der Waals surface area contributed by atoms with Crippen molar-refractivity contribution in [2.24, 2.45) is 0 Å². The van der Waals surface area contributed by atoms with Crippen LogP contribution in [0, 0.1) is 0 Å². The van der Waals surface area contributed by atoms with Crippen molar-refractivity contribution in [2.75, 3.05) is 23.3 Å². The van der Waals surface area contributed by atoms with E-state index in [4.69, 9.17) is 0 Å². The van der Waals surface area contributed by atoms with Gasteiger partial charge in [-0.15, -0.1) is 0 Å². The van der Waals surface area contributed by atoms with Gasteiger partial charge in [-0.05, 0) is 48.9 Å². The first-order valence-corrected chi connectivity index (χ1v) is 8.90. The van der Waals surface area contributed by atoms with Crippen LogP contribution in [-0.4, -0.2) is 30.8 Å². The zero-order chi connectivity index (χ0) is 21.0. The topological polar surface area (TPSA) is 78.5 Å². The van der Waals surface area contributed by atoms with E-state index in [9.17, 15) is 27.6 Å². The number of benzene rings is 2. The molecule has 0 aromatic heterocycles. The van der Waals surface area contributed by atoms with Crippen molar-refractivity contribution in [3.8, 4) is 0 Å². The van der Waals surface area contributed by atoms with E-state index in [0.717, 1.165) is 30.7 Å². The minimum atomic E-state index is -4.48. The third-order valence-corrected chi connectivity index (χ3v) is 4.40. The molecule has 3 rings (SSSR count). The van der Waals surface area contributed by atoms with Crippen LogP contribution in [0.1, 0.15) is 28.8 Å². The summed E-state index contributed by atoms with van der Waals surface area (Å²) in [5, 5.41) is 4.97. The van der Waals surface area contributed by atoms with Gasteiger partial charge in [0.15, 0.2) is 0 Å². The van der Waals surface area contributed by atoms with Gasteiger partial charge in [-0.25, -0.2) is 0 Å². The van der Waals surface area contributed by atoms with Crippen molar-refractivity contribution in [3.05, 3.63) is 59.7 Å².